The van der Waals surface area contributed by atoms with Crippen molar-refractivity contribution in [2.75, 3.05) is 20.2 Å². The maximum absolute atomic E-state index is 11.7. The number of carbonyl (C=O) groups excluding carboxylic acids is 1. The van der Waals surface area contributed by atoms with Crippen molar-refractivity contribution in [1.82, 2.24) is 10.6 Å². The maximum atomic E-state index is 11.7. The van der Waals surface area contributed by atoms with Crippen molar-refractivity contribution in [3.8, 4) is 0 Å². The van der Waals surface area contributed by atoms with E-state index in [1.54, 1.807) is 0 Å². The van der Waals surface area contributed by atoms with Crippen molar-refractivity contribution in [2.24, 2.45) is 16.8 Å². The molecular weight excluding hydrogens is 278 g/mol. The predicted octanol–water partition coefficient (Wildman–Crippen LogP) is 2.71. The highest BCUT2D eigenvalue weighted by atomic mass is 16.5. The van der Waals surface area contributed by atoms with E-state index in [1.807, 2.05) is 14.0 Å². The third kappa shape index (κ3) is 6.24. The number of hydrogen-bond donors (Lipinski definition) is 2. The molecule has 0 aromatic rings. The molecule has 0 saturated heterocycles. The Bertz CT molecular complexity index is 346. The second-order valence-corrected chi connectivity index (χ2v) is 6.08. The highest BCUT2D eigenvalue weighted by Gasteiger charge is 2.27. The van der Waals surface area contributed by atoms with Crippen LogP contribution in [0.15, 0.2) is 4.99 Å². The van der Waals surface area contributed by atoms with Gasteiger partial charge in [0.25, 0.3) is 0 Å². The van der Waals surface area contributed by atoms with Crippen molar-refractivity contribution in [3.05, 3.63) is 0 Å². The molecule has 1 aliphatic rings. The van der Waals surface area contributed by atoms with Crippen molar-refractivity contribution in [1.29, 1.82) is 0 Å². The van der Waals surface area contributed by atoms with Crippen molar-refractivity contribution >= 4 is 11.9 Å². The van der Waals surface area contributed by atoms with Gasteiger partial charge in [0.15, 0.2) is 5.96 Å². The number of guanidine groups is 1. The fourth-order valence-corrected chi connectivity index (χ4v) is 2.94. The van der Waals surface area contributed by atoms with Gasteiger partial charge in [-0.3, -0.25) is 9.79 Å². The number of esters is 1. The van der Waals surface area contributed by atoms with Gasteiger partial charge in [0, 0.05) is 19.6 Å². The zero-order valence-corrected chi connectivity index (χ0v) is 14.7. The molecule has 128 valence electrons. The number of nitrogens with zero attached hydrogens (tertiary/aromatic N) is 1. The third-order valence-electron chi connectivity index (χ3n) is 4.62. The fourth-order valence-electron chi connectivity index (χ4n) is 2.94. The lowest BCUT2D eigenvalue weighted by Gasteiger charge is -2.29. The van der Waals surface area contributed by atoms with Crippen molar-refractivity contribution < 1.29 is 9.53 Å². The van der Waals surface area contributed by atoms with Gasteiger partial charge in [-0.25, -0.2) is 0 Å². The van der Waals surface area contributed by atoms with Gasteiger partial charge in [-0.15, -0.1) is 0 Å². The molecule has 1 aliphatic carbocycles. The minimum absolute atomic E-state index is 0.0304. The van der Waals surface area contributed by atoms with E-state index in [2.05, 4.69) is 29.5 Å². The van der Waals surface area contributed by atoms with Crippen LogP contribution in [0.1, 0.15) is 59.3 Å². The summed E-state index contributed by atoms with van der Waals surface area (Å²) in [6, 6.07) is 0.401. The van der Waals surface area contributed by atoms with Crippen LogP contribution in [0, 0.1) is 11.8 Å². The molecule has 1 rings (SSSR count). The smallest absolute Gasteiger partial charge is 0.308 e. The van der Waals surface area contributed by atoms with Crippen LogP contribution in [0.25, 0.3) is 0 Å². The van der Waals surface area contributed by atoms with Gasteiger partial charge in [0.1, 0.15) is 0 Å². The van der Waals surface area contributed by atoms with E-state index in [1.165, 1.54) is 12.8 Å². The molecule has 0 radical (unpaired) electrons. The number of hydrogen-bond acceptors (Lipinski definition) is 3. The third-order valence-corrected chi connectivity index (χ3v) is 4.62. The largest absolute Gasteiger partial charge is 0.466 e. The maximum Gasteiger partial charge on any atom is 0.308 e. The Morgan fingerprint density at radius 3 is 2.32 bits per heavy atom. The van der Waals surface area contributed by atoms with E-state index in [9.17, 15) is 4.79 Å². The lowest BCUT2D eigenvalue weighted by molar-refractivity contribution is -0.149. The molecular formula is C17H33N3O2. The van der Waals surface area contributed by atoms with Crippen LogP contribution < -0.4 is 10.6 Å². The number of rotatable bonds is 7. The Hall–Kier alpha value is -1.26. The van der Waals surface area contributed by atoms with Gasteiger partial charge in [-0.05, 0) is 38.5 Å². The number of ether oxygens (including phenoxy) is 1. The highest BCUT2D eigenvalue weighted by Crippen LogP contribution is 2.25. The van der Waals surface area contributed by atoms with Crippen LogP contribution in [0.4, 0.5) is 0 Å². The normalized spacial score (nSPS) is 22.5. The van der Waals surface area contributed by atoms with Crippen LogP contribution in [0.2, 0.25) is 0 Å². The second kappa shape index (κ2) is 10.5. The van der Waals surface area contributed by atoms with Crippen molar-refractivity contribution in [2.45, 2.75) is 65.3 Å². The van der Waals surface area contributed by atoms with Gasteiger partial charge < -0.3 is 15.4 Å². The number of aliphatic imine (C=N–C) groups is 1. The molecule has 22 heavy (non-hydrogen) atoms. The van der Waals surface area contributed by atoms with E-state index >= 15 is 0 Å². The number of nitrogens with one attached hydrogen (secondary N) is 2. The molecule has 0 unspecified atom stereocenters. The van der Waals surface area contributed by atoms with Crippen LogP contribution in [-0.2, 0) is 9.53 Å². The molecule has 2 N–H and O–H groups in total. The van der Waals surface area contributed by atoms with Gasteiger partial charge in [-0.2, -0.15) is 0 Å². The fraction of sp³-hybridized carbons (Fsp3) is 0.882. The Kier molecular flexibility index (Phi) is 8.94. The van der Waals surface area contributed by atoms with E-state index in [-0.39, 0.29) is 11.9 Å². The lowest BCUT2D eigenvalue weighted by atomic mass is 9.86. The average Bonchev–Trinajstić information content (AvgIpc) is 2.55. The molecule has 0 bridgehead atoms. The molecule has 1 fully saturated rings. The Balaban J connectivity index is 2.33. The zero-order chi connectivity index (χ0) is 16.4. The molecule has 0 aromatic carbocycles. The van der Waals surface area contributed by atoms with Gasteiger partial charge in [0.05, 0.1) is 12.5 Å². The molecule has 5 heteroatoms. The van der Waals surface area contributed by atoms with Gasteiger partial charge in [0.2, 0.25) is 0 Å². The first-order chi connectivity index (χ1) is 10.6. The Labute approximate surface area is 135 Å². The molecule has 0 heterocycles. The SMILES string of the molecule is CCOC(=O)C1CCC(NC(=NC)NCC(CC)CC)CC1. The molecule has 0 aliphatic heterocycles. The molecule has 5 nitrogen and oxygen atoms in total. The summed E-state index contributed by atoms with van der Waals surface area (Å²) in [5, 5.41) is 6.91. The summed E-state index contributed by atoms with van der Waals surface area (Å²) < 4.78 is 5.11. The summed E-state index contributed by atoms with van der Waals surface area (Å²) in [6.45, 7) is 7.75. The van der Waals surface area contributed by atoms with Crippen LogP contribution in [-0.4, -0.2) is 38.2 Å². The standard InChI is InChI=1S/C17H33N3O2/c1-5-13(6-2)12-19-17(18-4)20-15-10-8-14(9-11-15)16(21)22-7-3/h13-15H,5-12H2,1-4H3,(H2,18,19,20). The first-order valence-corrected chi connectivity index (χ1v) is 8.78. The van der Waals surface area contributed by atoms with Crippen LogP contribution in [0.3, 0.4) is 0 Å². The summed E-state index contributed by atoms with van der Waals surface area (Å²) >= 11 is 0. The van der Waals surface area contributed by atoms with Crippen LogP contribution in [0.5, 0.6) is 0 Å². The molecule has 0 atom stereocenters. The van der Waals surface area contributed by atoms with E-state index in [0.717, 1.165) is 38.2 Å². The summed E-state index contributed by atoms with van der Waals surface area (Å²) in [7, 11) is 1.81. The average molecular weight is 311 g/mol. The van der Waals surface area contributed by atoms with Crippen molar-refractivity contribution in [3.63, 3.8) is 0 Å². The zero-order valence-electron chi connectivity index (χ0n) is 14.7. The Morgan fingerprint density at radius 2 is 1.82 bits per heavy atom. The lowest BCUT2D eigenvalue weighted by Crippen LogP contribution is -2.46. The minimum atomic E-state index is -0.0304. The first kappa shape index (κ1) is 18.8. The minimum Gasteiger partial charge on any atom is -0.466 e. The van der Waals surface area contributed by atoms with E-state index < -0.39 is 0 Å². The second-order valence-electron chi connectivity index (χ2n) is 6.08. The summed E-state index contributed by atoms with van der Waals surface area (Å²) in [4.78, 5) is 16.1. The quantitative estimate of drug-likeness (QED) is 0.431. The monoisotopic (exact) mass is 311 g/mol. The molecule has 1 saturated carbocycles. The summed E-state index contributed by atoms with van der Waals surface area (Å²) in [5.74, 6) is 1.62. The topological polar surface area (TPSA) is 62.7 Å². The highest BCUT2D eigenvalue weighted by molar-refractivity contribution is 5.80. The van der Waals surface area contributed by atoms with Crippen LogP contribution >= 0.6 is 0 Å². The first-order valence-electron chi connectivity index (χ1n) is 8.78. The molecule has 0 aromatic heterocycles. The number of carbonyl (C=O) groups is 1. The molecule has 0 spiro atoms. The van der Waals surface area contributed by atoms with E-state index in [0.29, 0.717) is 18.6 Å². The summed E-state index contributed by atoms with van der Waals surface area (Å²) in [5.41, 5.74) is 0. The summed E-state index contributed by atoms with van der Waals surface area (Å²) in [6.07, 6.45) is 6.17. The van der Waals surface area contributed by atoms with E-state index in [4.69, 9.17) is 4.74 Å². The van der Waals surface area contributed by atoms with Gasteiger partial charge in [-0.1, -0.05) is 26.7 Å². The molecule has 0 amide bonds. The Morgan fingerprint density at radius 1 is 1.18 bits per heavy atom. The van der Waals surface area contributed by atoms with Gasteiger partial charge >= 0.3 is 5.97 Å². The predicted molar refractivity (Wildman–Crippen MR) is 90.9 cm³/mol.